The molecule has 0 aliphatic heterocycles. The molecule has 0 saturated carbocycles. The lowest BCUT2D eigenvalue weighted by atomic mass is 10.0. The van der Waals surface area contributed by atoms with Crippen LogP contribution in [0, 0.1) is 5.92 Å². The summed E-state index contributed by atoms with van der Waals surface area (Å²) in [5.41, 5.74) is 4.59. The third-order valence-electron chi connectivity index (χ3n) is 4.35. The summed E-state index contributed by atoms with van der Waals surface area (Å²) in [7, 11) is 2.92. The number of hydrogen-bond donors (Lipinski definition) is 4. The average molecular weight is 450 g/mol. The first kappa shape index (κ1) is 23.8. The summed E-state index contributed by atoms with van der Waals surface area (Å²) in [5, 5.41) is 12.7. The maximum atomic E-state index is 12.7. The molecule has 0 spiro atoms. The van der Waals surface area contributed by atoms with E-state index < -0.39 is 23.8 Å². The van der Waals surface area contributed by atoms with Gasteiger partial charge in [0.25, 0.3) is 17.7 Å². The maximum absolute atomic E-state index is 12.7. The van der Waals surface area contributed by atoms with Crippen LogP contribution in [0.4, 0.5) is 0 Å². The lowest BCUT2D eigenvalue weighted by molar-refractivity contribution is -0.124. The van der Waals surface area contributed by atoms with Gasteiger partial charge >= 0.3 is 0 Å². The highest BCUT2D eigenvalue weighted by Gasteiger charge is 2.26. The van der Waals surface area contributed by atoms with Crippen LogP contribution in [0.2, 0.25) is 5.02 Å². The van der Waals surface area contributed by atoms with Gasteiger partial charge in [0.15, 0.2) is 0 Å². The van der Waals surface area contributed by atoms with E-state index in [4.69, 9.17) is 21.1 Å². The number of hydrazine groups is 1. The standard InChI is InChI=1S/C21H24ClN3O6/c1-11(2)18(23-19(27)12-7-14(30-3)10-15(8-12)31-4)21(29)25-24-20(28)16-9-13(22)5-6-17(16)26/h5-11,18,26H,1-4H3,(H,23,27)(H,24,28)(H,25,29)/t18-/m0/s1. The van der Waals surface area contributed by atoms with Crippen molar-refractivity contribution in [2.45, 2.75) is 19.9 Å². The van der Waals surface area contributed by atoms with E-state index in [0.29, 0.717) is 11.5 Å². The van der Waals surface area contributed by atoms with Gasteiger partial charge in [0, 0.05) is 16.7 Å². The van der Waals surface area contributed by atoms with Crippen molar-refractivity contribution in [2.75, 3.05) is 14.2 Å². The average Bonchev–Trinajstić information content (AvgIpc) is 2.76. The second-order valence-corrected chi connectivity index (χ2v) is 7.34. The summed E-state index contributed by atoms with van der Waals surface area (Å²) in [4.78, 5) is 37.6. The zero-order chi connectivity index (χ0) is 23.1. The monoisotopic (exact) mass is 449 g/mol. The Morgan fingerprint density at radius 3 is 2.10 bits per heavy atom. The summed E-state index contributed by atoms with van der Waals surface area (Å²) >= 11 is 5.83. The molecule has 0 saturated heterocycles. The Hall–Kier alpha value is -3.46. The lowest BCUT2D eigenvalue weighted by Gasteiger charge is -2.22. The first-order valence-electron chi connectivity index (χ1n) is 9.29. The van der Waals surface area contributed by atoms with Gasteiger partial charge in [-0.25, -0.2) is 0 Å². The van der Waals surface area contributed by atoms with Crippen LogP contribution in [0.1, 0.15) is 34.6 Å². The Morgan fingerprint density at radius 2 is 1.55 bits per heavy atom. The van der Waals surface area contributed by atoms with Gasteiger partial charge in [0.05, 0.1) is 19.8 Å². The highest BCUT2D eigenvalue weighted by Crippen LogP contribution is 2.23. The Labute approximate surface area is 184 Å². The molecule has 0 aliphatic carbocycles. The summed E-state index contributed by atoms with van der Waals surface area (Å²) in [5.74, 6) is -1.69. The lowest BCUT2D eigenvalue weighted by Crippen LogP contribution is -2.54. The van der Waals surface area contributed by atoms with E-state index >= 15 is 0 Å². The Kier molecular flexibility index (Phi) is 8.09. The summed E-state index contributed by atoms with van der Waals surface area (Å²) < 4.78 is 10.3. The van der Waals surface area contributed by atoms with Crippen molar-refractivity contribution in [2.24, 2.45) is 5.92 Å². The topological polar surface area (TPSA) is 126 Å². The van der Waals surface area contributed by atoms with Crippen molar-refractivity contribution in [1.82, 2.24) is 16.2 Å². The number of carbonyl (C=O) groups excluding carboxylic acids is 3. The molecule has 0 unspecified atom stereocenters. The van der Waals surface area contributed by atoms with Crippen LogP contribution >= 0.6 is 11.6 Å². The molecule has 0 aliphatic rings. The highest BCUT2D eigenvalue weighted by molar-refractivity contribution is 6.31. The molecule has 4 N–H and O–H groups in total. The number of amides is 3. The molecule has 3 amide bonds. The van der Waals surface area contributed by atoms with Crippen LogP contribution in [0.25, 0.3) is 0 Å². The number of carbonyl (C=O) groups is 3. The van der Waals surface area contributed by atoms with Gasteiger partial charge in [-0.1, -0.05) is 25.4 Å². The second-order valence-electron chi connectivity index (χ2n) is 6.90. The highest BCUT2D eigenvalue weighted by atomic mass is 35.5. The number of phenols is 1. The number of hydrogen-bond acceptors (Lipinski definition) is 6. The van der Waals surface area contributed by atoms with Crippen LogP contribution in [0.5, 0.6) is 17.2 Å². The van der Waals surface area contributed by atoms with Gasteiger partial charge < -0.3 is 19.9 Å². The Balaban J connectivity index is 2.09. The van der Waals surface area contributed by atoms with Gasteiger partial charge in [0.2, 0.25) is 0 Å². The fourth-order valence-corrected chi connectivity index (χ4v) is 2.82. The first-order valence-corrected chi connectivity index (χ1v) is 9.66. The van der Waals surface area contributed by atoms with Crippen molar-refractivity contribution >= 4 is 29.3 Å². The van der Waals surface area contributed by atoms with E-state index in [1.807, 2.05) is 0 Å². The molecule has 0 fully saturated rings. The predicted molar refractivity (Wildman–Crippen MR) is 114 cm³/mol. The van der Waals surface area contributed by atoms with Crippen molar-refractivity contribution in [3.8, 4) is 17.2 Å². The molecule has 0 aromatic heterocycles. The van der Waals surface area contributed by atoms with Crippen molar-refractivity contribution < 1.29 is 29.0 Å². The fraction of sp³-hybridized carbons (Fsp3) is 0.286. The van der Waals surface area contributed by atoms with Crippen molar-refractivity contribution in [3.05, 3.63) is 52.5 Å². The van der Waals surface area contributed by atoms with Gasteiger partial charge in [-0.15, -0.1) is 0 Å². The van der Waals surface area contributed by atoms with Crippen LogP contribution in [-0.4, -0.2) is 43.1 Å². The number of nitrogens with one attached hydrogen (secondary N) is 3. The fourth-order valence-electron chi connectivity index (χ4n) is 2.65. The van der Waals surface area contributed by atoms with E-state index in [1.54, 1.807) is 19.9 Å². The van der Waals surface area contributed by atoms with E-state index in [1.165, 1.54) is 44.6 Å². The van der Waals surface area contributed by atoms with Crippen LogP contribution in [0.15, 0.2) is 36.4 Å². The molecule has 2 rings (SSSR count). The van der Waals surface area contributed by atoms with Gasteiger partial charge in [-0.3, -0.25) is 25.2 Å². The van der Waals surface area contributed by atoms with E-state index in [9.17, 15) is 19.5 Å². The SMILES string of the molecule is COc1cc(OC)cc(C(=O)N[C@H](C(=O)NNC(=O)c2cc(Cl)ccc2O)C(C)C)c1. The van der Waals surface area contributed by atoms with Crippen molar-refractivity contribution in [1.29, 1.82) is 0 Å². The minimum absolute atomic E-state index is 0.110. The molecule has 166 valence electrons. The van der Waals surface area contributed by atoms with Gasteiger partial charge in [-0.2, -0.15) is 0 Å². The van der Waals surface area contributed by atoms with E-state index in [0.717, 1.165) is 0 Å². The number of phenolic OH excluding ortho intramolecular Hbond substituents is 1. The third kappa shape index (κ3) is 6.26. The first-order chi connectivity index (χ1) is 14.7. The molecular formula is C21H24ClN3O6. The summed E-state index contributed by atoms with van der Waals surface area (Å²) in [6.45, 7) is 3.47. The largest absolute Gasteiger partial charge is 0.507 e. The number of halogens is 1. The minimum atomic E-state index is -0.960. The zero-order valence-electron chi connectivity index (χ0n) is 17.5. The molecule has 0 radical (unpaired) electrons. The summed E-state index contributed by atoms with van der Waals surface area (Å²) in [6, 6.07) is 7.62. The minimum Gasteiger partial charge on any atom is -0.507 e. The van der Waals surface area contributed by atoms with E-state index in [2.05, 4.69) is 16.2 Å². The molecule has 2 aromatic rings. The molecular weight excluding hydrogens is 426 g/mol. The smallest absolute Gasteiger partial charge is 0.273 e. The normalized spacial score (nSPS) is 11.4. The molecule has 31 heavy (non-hydrogen) atoms. The van der Waals surface area contributed by atoms with Gasteiger partial charge in [0.1, 0.15) is 23.3 Å². The van der Waals surface area contributed by atoms with E-state index in [-0.39, 0.29) is 27.8 Å². The zero-order valence-corrected chi connectivity index (χ0v) is 18.2. The maximum Gasteiger partial charge on any atom is 0.273 e. The quantitative estimate of drug-likeness (QED) is 0.480. The van der Waals surface area contributed by atoms with Crippen LogP contribution in [-0.2, 0) is 4.79 Å². The molecule has 0 bridgehead atoms. The molecule has 2 aromatic carbocycles. The number of methoxy groups -OCH3 is 2. The second kappa shape index (κ2) is 10.5. The Bertz CT molecular complexity index is 957. The molecule has 10 heteroatoms. The van der Waals surface area contributed by atoms with Gasteiger partial charge in [-0.05, 0) is 36.2 Å². The molecule has 9 nitrogen and oxygen atoms in total. The Morgan fingerprint density at radius 1 is 0.935 bits per heavy atom. The third-order valence-corrected chi connectivity index (χ3v) is 4.59. The predicted octanol–water partition coefficient (Wildman–Crippen LogP) is 2.28. The number of ether oxygens (including phenoxy) is 2. The molecule has 0 heterocycles. The summed E-state index contributed by atoms with van der Waals surface area (Å²) in [6.07, 6.45) is 0. The number of rotatable bonds is 7. The van der Waals surface area contributed by atoms with Crippen LogP contribution < -0.4 is 25.6 Å². The van der Waals surface area contributed by atoms with Crippen LogP contribution in [0.3, 0.4) is 0 Å². The number of aromatic hydroxyl groups is 1. The number of benzene rings is 2. The van der Waals surface area contributed by atoms with Crippen molar-refractivity contribution in [3.63, 3.8) is 0 Å². The molecule has 1 atom stereocenters.